The van der Waals surface area contributed by atoms with Crippen LogP contribution in [0.5, 0.6) is 0 Å². The van der Waals surface area contributed by atoms with E-state index in [0.29, 0.717) is 5.03 Å². The van der Waals surface area contributed by atoms with Crippen molar-refractivity contribution in [2.45, 2.75) is 30.5 Å². The predicted molar refractivity (Wildman–Crippen MR) is 69.0 cm³/mol. The third-order valence-corrected chi connectivity index (χ3v) is 3.60. The summed E-state index contributed by atoms with van der Waals surface area (Å²) in [6.07, 6.45) is 2.08. The zero-order valence-electron chi connectivity index (χ0n) is 10.0. The summed E-state index contributed by atoms with van der Waals surface area (Å²) in [6, 6.07) is 1.26. The Balaban J connectivity index is 3.21. The monoisotopic (exact) mass is 270 g/mol. The summed E-state index contributed by atoms with van der Waals surface area (Å²) >= 11 is 1.43. The van der Waals surface area contributed by atoms with Crippen molar-refractivity contribution in [2.75, 3.05) is 0 Å². The van der Waals surface area contributed by atoms with Crippen molar-refractivity contribution in [3.63, 3.8) is 0 Å². The Kier molecular flexibility index (Phi) is 4.90. The van der Waals surface area contributed by atoms with Gasteiger partial charge in [0.2, 0.25) is 0 Å². The third-order valence-electron chi connectivity index (χ3n) is 2.32. The molecule has 1 heterocycles. The maximum atomic E-state index is 10.7. The van der Waals surface area contributed by atoms with Gasteiger partial charge in [0.05, 0.1) is 10.5 Å². The first kappa shape index (κ1) is 14.2. The van der Waals surface area contributed by atoms with Gasteiger partial charge in [-0.2, -0.15) is 0 Å². The minimum atomic E-state index is -0.571. The van der Waals surface area contributed by atoms with Crippen LogP contribution in [0.3, 0.4) is 0 Å². The Morgan fingerprint density at radius 2 is 2.44 bits per heavy atom. The van der Waals surface area contributed by atoms with E-state index in [9.17, 15) is 10.1 Å². The zero-order chi connectivity index (χ0) is 13.7. The average molecular weight is 270 g/mol. The Morgan fingerprint density at radius 1 is 1.78 bits per heavy atom. The summed E-state index contributed by atoms with van der Waals surface area (Å²) in [5.41, 5.74) is 5.59. The quantitative estimate of drug-likeness (QED) is 0.211. The molecule has 0 saturated carbocycles. The molecule has 0 aliphatic carbocycles. The third kappa shape index (κ3) is 3.33. The normalized spacial score (nSPS) is 13.3. The van der Waals surface area contributed by atoms with Crippen molar-refractivity contribution in [3.05, 3.63) is 27.9 Å². The van der Waals surface area contributed by atoms with Crippen LogP contribution in [-0.4, -0.2) is 26.2 Å². The summed E-state index contributed by atoms with van der Waals surface area (Å²) < 4.78 is 0. The molecule has 0 saturated heterocycles. The molecule has 98 valence electrons. The second-order valence-corrected chi connectivity index (χ2v) is 5.05. The molecule has 0 aliphatic rings. The van der Waals surface area contributed by atoms with Crippen molar-refractivity contribution < 1.29 is 10.1 Å². The number of thioether (sulfide) groups is 1. The first-order valence-electron chi connectivity index (χ1n) is 5.28. The molecule has 1 atom stereocenters. The number of nitro groups is 1. The molecular formula is C10H14N4O3S. The number of nitrogens with zero attached hydrogens (tertiary/aromatic N) is 3. The number of amidine groups is 1. The lowest BCUT2D eigenvalue weighted by atomic mass is 10.2. The molecule has 0 spiro atoms. The Hall–Kier alpha value is -1.83. The van der Waals surface area contributed by atoms with Gasteiger partial charge in [0, 0.05) is 11.3 Å². The molecule has 0 aliphatic heterocycles. The van der Waals surface area contributed by atoms with Crippen LogP contribution in [0, 0.1) is 10.1 Å². The SMILES string of the molecule is CCC(C)Sc1ncc([N+](=O)[O-])cc1C(N)=NO. The van der Waals surface area contributed by atoms with Crippen LogP contribution in [0.4, 0.5) is 5.69 Å². The van der Waals surface area contributed by atoms with Crippen molar-refractivity contribution in [2.24, 2.45) is 10.9 Å². The van der Waals surface area contributed by atoms with Crippen LogP contribution in [0.2, 0.25) is 0 Å². The van der Waals surface area contributed by atoms with Gasteiger partial charge in [0.15, 0.2) is 5.84 Å². The van der Waals surface area contributed by atoms with E-state index < -0.39 is 4.92 Å². The van der Waals surface area contributed by atoms with Gasteiger partial charge in [-0.3, -0.25) is 10.1 Å². The van der Waals surface area contributed by atoms with Crippen molar-refractivity contribution in [1.82, 2.24) is 4.98 Å². The smallest absolute Gasteiger partial charge is 0.288 e. The van der Waals surface area contributed by atoms with E-state index in [4.69, 9.17) is 10.9 Å². The lowest BCUT2D eigenvalue weighted by molar-refractivity contribution is -0.385. The number of hydrogen-bond acceptors (Lipinski definition) is 6. The first-order valence-corrected chi connectivity index (χ1v) is 6.16. The summed E-state index contributed by atoms with van der Waals surface area (Å²) in [7, 11) is 0. The number of nitrogens with two attached hydrogens (primary N) is 1. The second kappa shape index (κ2) is 6.20. The van der Waals surface area contributed by atoms with Gasteiger partial charge < -0.3 is 10.9 Å². The summed E-state index contributed by atoms with van der Waals surface area (Å²) in [5, 5.41) is 23.0. The predicted octanol–water partition coefficient (Wildman–Crippen LogP) is 1.97. The fourth-order valence-electron chi connectivity index (χ4n) is 1.15. The molecule has 1 aromatic heterocycles. The van der Waals surface area contributed by atoms with Gasteiger partial charge in [0.25, 0.3) is 5.69 Å². The van der Waals surface area contributed by atoms with Crippen LogP contribution in [0.1, 0.15) is 25.8 Å². The van der Waals surface area contributed by atoms with Gasteiger partial charge in [0.1, 0.15) is 11.2 Å². The van der Waals surface area contributed by atoms with Gasteiger partial charge >= 0.3 is 0 Å². The van der Waals surface area contributed by atoms with E-state index >= 15 is 0 Å². The number of rotatable bonds is 5. The molecule has 1 rings (SSSR count). The molecule has 0 bridgehead atoms. The fraction of sp³-hybridized carbons (Fsp3) is 0.400. The van der Waals surface area contributed by atoms with Gasteiger partial charge in [-0.25, -0.2) is 4.98 Å². The summed E-state index contributed by atoms with van der Waals surface area (Å²) in [5.74, 6) is -0.183. The van der Waals surface area contributed by atoms with Crippen LogP contribution < -0.4 is 5.73 Å². The fourth-order valence-corrected chi connectivity index (χ4v) is 2.10. The largest absolute Gasteiger partial charge is 0.409 e. The highest BCUT2D eigenvalue weighted by Crippen LogP contribution is 2.28. The maximum Gasteiger partial charge on any atom is 0.288 e. The molecule has 3 N–H and O–H groups in total. The van der Waals surface area contributed by atoms with Crippen molar-refractivity contribution >= 4 is 23.3 Å². The Labute approximate surface area is 108 Å². The minimum absolute atomic E-state index is 0.183. The first-order chi connectivity index (χ1) is 8.49. The standard InChI is InChI=1S/C10H14N4O3S/c1-3-6(2)18-10-8(9(11)13-15)4-7(5-12-10)14(16)17/h4-6,15H,3H2,1-2H3,(H2,11,13). The van der Waals surface area contributed by atoms with E-state index in [1.807, 2.05) is 13.8 Å². The summed E-state index contributed by atoms with van der Waals surface area (Å²) in [6.45, 7) is 4.02. The van der Waals surface area contributed by atoms with Crippen LogP contribution in [0.15, 0.2) is 22.4 Å². The highest BCUT2D eigenvalue weighted by Gasteiger charge is 2.17. The van der Waals surface area contributed by atoms with E-state index in [-0.39, 0.29) is 22.3 Å². The molecule has 7 nitrogen and oxygen atoms in total. The van der Waals surface area contributed by atoms with E-state index in [0.717, 1.165) is 6.42 Å². The van der Waals surface area contributed by atoms with Gasteiger partial charge in [-0.05, 0) is 6.42 Å². The van der Waals surface area contributed by atoms with E-state index in [1.165, 1.54) is 24.0 Å². The molecule has 0 fully saturated rings. The van der Waals surface area contributed by atoms with E-state index in [1.54, 1.807) is 0 Å². The topological polar surface area (TPSA) is 115 Å². The van der Waals surface area contributed by atoms with Crippen LogP contribution >= 0.6 is 11.8 Å². The highest BCUT2D eigenvalue weighted by molar-refractivity contribution is 7.99. The van der Waals surface area contributed by atoms with E-state index in [2.05, 4.69) is 10.1 Å². The number of hydrogen-bond donors (Lipinski definition) is 2. The number of oxime groups is 1. The highest BCUT2D eigenvalue weighted by atomic mass is 32.2. The minimum Gasteiger partial charge on any atom is -0.409 e. The molecule has 0 aromatic carbocycles. The van der Waals surface area contributed by atoms with Gasteiger partial charge in [-0.15, -0.1) is 11.8 Å². The molecule has 0 radical (unpaired) electrons. The Bertz CT molecular complexity index is 478. The van der Waals surface area contributed by atoms with Crippen molar-refractivity contribution in [3.8, 4) is 0 Å². The molecule has 0 amide bonds. The van der Waals surface area contributed by atoms with Crippen LogP contribution in [-0.2, 0) is 0 Å². The zero-order valence-corrected chi connectivity index (χ0v) is 10.8. The summed E-state index contributed by atoms with van der Waals surface area (Å²) in [4.78, 5) is 14.1. The lowest BCUT2D eigenvalue weighted by Gasteiger charge is -2.10. The maximum absolute atomic E-state index is 10.7. The molecule has 8 heteroatoms. The van der Waals surface area contributed by atoms with Gasteiger partial charge in [-0.1, -0.05) is 19.0 Å². The average Bonchev–Trinajstić information content (AvgIpc) is 2.37. The number of aromatic nitrogens is 1. The second-order valence-electron chi connectivity index (χ2n) is 3.63. The lowest BCUT2D eigenvalue weighted by Crippen LogP contribution is -2.16. The number of pyridine rings is 1. The molecule has 18 heavy (non-hydrogen) atoms. The molecular weight excluding hydrogens is 256 g/mol. The Morgan fingerprint density at radius 3 is 2.94 bits per heavy atom. The molecule has 1 unspecified atom stereocenters. The van der Waals surface area contributed by atoms with Crippen molar-refractivity contribution in [1.29, 1.82) is 0 Å². The molecule has 1 aromatic rings. The van der Waals surface area contributed by atoms with Crippen LogP contribution in [0.25, 0.3) is 0 Å².